The van der Waals surface area contributed by atoms with Crippen LogP contribution in [-0.2, 0) is 17.9 Å². The summed E-state index contributed by atoms with van der Waals surface area (Å²) < 4.78 is 1.19. The molecule has 6 nitrogen and oxygen atoms in total. The molecule has 0 saturated heterocycles. The van der Waals surface area contributed by atoms with Gasteiger partial charge in [-0.2, -0.15) is 5.26 Å². The second-order valence-corrected chi connectivity index (χ2v) is 5.86. The van der Waals surface area contributed by atoms with E-state index >= 15 is 0 Å². The van der Waals surface area contributed by atoms with E-state index < -0.39 is 5.56 Å². The van der Waals surface area contributed by atoms with Gasteiger partial charge in [-0.1, -0.05) is 30.3 Å². The monoisotopic (exact) mass is 342 g/mol. The maximum Gasteiger partial charge on any atom is 0.272 e. The molecular formula is C17H18N4O2S. The van der Waals surface area contributed by atoms with Crippen LogP contribution in [0.3, 0.4) is 0 Å². The summed E-state index contributed by atoms with van der Waals surface area (Å²) in [5, 5.41) is 9.50. The average Bonchev–Trinajstić information content (AvgIpc) is 2.61. The van der Waals surface area contributed by atoms with Gasteiger partial charge in [0.05, 0.1) is 6.33 Å². The van der Waals surface area contributed by atoms with Crippen molar-refractivity contribution in [2.24, 2.45) is 0 Å². The number of likely N-dealkylation sites (N-methyl/N-ethyl adjacent to an activating group) is 1. The molecule has 0 bridgehead atoms. The number of hydrogen-bond acceptors (Lipinski definition) is 5. The van der Waals surface area contributed by atoms with Gasteiger partial charge in [-0.3, -0.25) is 14.2 Å². The van der Waals surface area contributed by atoms with Crippen LogP contribution in [0.25, 0.3) is 0 Å². The third-order valence-electron chi connectivity index (χ3n) is 3.56. The molecule has 0 aliphatic carbocycles. The van der Waals surface area contributed by atoms with Crippen molar-refractivity contribution in [3.63, 3.8) is 0 Å². The predicted octanol–water partition coefficient (Wildman–Crippen LogP) is 1.89. The minimum absolute atomic E-state index is 0.0242. The maximum absolute atomic E-state index is 12.5. The van der Waals surface area contributed by atoms with Gasteiger partial charge in [0, 0.05) is 13.1 Å². The third-order valence-corrected chi connectivity index (χ3v) is 4.26. The summed E-state index contributed by atoms with van der Waals surface area (Å²) in [7, 11) is 0. The number of thioether (sulfide) groups is 1. The smallest absolute Gasteiger partial charge is 0.272 e. The molecule has 1 aromatic heterocycles. The van der Waals surface area contributed by atoms with E-state index in [2.05, 4.69) is 4.98 Å². The zero-order valence-corrected chi connectivity index (χ0v) is 14.4. The first kappa shape index (κ1) is 17.8. The molecule has 0 unspecified atom stereocenters. The lowest BCUT2D eigenvalue weighted by Gasteiger charge is -2.21. The number of rotatable bonds is 6. The molecule has 2 rings (SSSR count). The summed E-state index contributed by atoms with van der Waals surface area (Å²) in [5.41, 5.74) is 0.512. The van der Waals surface area contributed by atoms with Gasteiger partial charge in [-0.25, -0.2) is 4.98 Å². The van der Waals surface area contributed by atoms with E-state index in [9.17, 15) is 9.59 Å². The molecule has 1 aromatic carbocycles. The van der Waals surface area contributed by atoms with Crippen molar-refractivity contribution in [1.82, 2.24) is 14.5 Å². The van der Waals surface area contributed by atoms with Crippen molar-refractivity contribution >= 4 is 17.7 Å². The van der Waals surface area contributed by atoms with Gasteiger partial charge < -0.3 is 4.90 Å². The highest BCUT2D eigenvalue weighted by Gasteiger charge is 2.16. The largest absolute Gasteiger partial charge is 0.337 e. The Balaban J connectivity index is 2.19. The van der Waals surface area contributed by atoms with Gasteiger partial charge in [0.1, 0.15) is 23.2 Å². The molecule has 0 fully saturated rings. The normalized spacial score (nSPS) is 10.2. The lowest BCUT2D eigenvalue weighted by atomic mass is 10.2. The van der Waals surface area contributed by atoms with Crippen LogP contribution in [-0.4, -0.2) is 33.2 Å². The van der Waals surface area contributed by atoms with Crippen molar-refractivity contribution in [3.05, 3.63) is 58.1 Å². The van der Waals surface area contributed by atoms with Crippen LogP contribution >= 0.6 is 11.8 Å². The van der Waals surface area contributed by atoms with E-state index in [1.165, 1.54) is 22.7 Å². The van der Waals surface area contributed by atoms with Crippen molar-refractivity contribution in [1.29, 1.82) is 5.26 Å². The van der Waals surface area contributed by atoms with E-state index in [4.69, 9.17) is 5.26 Å². The SMILES string of the molecule is CCN(Cc1ccccc1)C(=O)Cn1cnc(SC)c(C#N)c1=O. The highest BCUT2D eigenvalue weighted by atomic mass is 32.2. The Bertz CT molecular complexity index is 812. The molecule has 24 heavy (non-hydrogen) atoms. The fourth-order valence-corrected chi connectivity index (χ4v) is 2.75. The molecular weight excluding hydrogens is 324 g/mol. The van der Waals surface area contributed by atoms with E-state index in [0.29, 0.717) is 18.1 Å². The first-order valence-electron chi connectivity index (χ1n) is 7.46. The highest BCUT2D eigenvalue weighted by molar-refractivity contribution is 7.98. The summed E-state index contributed by atoms with van der Waals surface area (Å²) in [5.74, 6) is -0.189. The average molecular weight is 342 g/mol. The Morgan fingerprint density at radius 1 is 1.38 bits per heavy atom. The number of carbonyl (C=O) groups excluding carboxylic acids is 1. The van der Waals surface area contributed by atoms with E-state index in [1.54, 1.807) is 11.2 Å². The van der Waals surface area contributed by atoms with E-state index in [1.807, 2.05) is 43.3 Å². The lowest BCUT2D eigenvalue weighted by molar-refractivity contribution is -0.132. The summed E-state index contributed by atoms with van der Waals surface area (Å²) in [6.45, 7) is 2.77. The highest BCUT2D eigenvalue weighted by Crippen LogP contribution is 2.12. The Morgan fingerprint density at radius 2 is 2.08 bits per heavy atom. The second-order valence-electron chi connectivity index (χ2n) is 5.07. The topological polar surface area (TPSA) is 79.0 Å². The second kappa shape index (κ2) is 8.31. The first-order chi connectivity index (χ1) is 11.6. The van der Waals surface area contributed by atoms with Crippen LogP contribution in [0.2, 0.25) is 0 Å². The van der Waals surface area contributed by atoms with Crippen molar-refractivity contribution in [2.45, 2.75) is 25.0 Å². The van der Waals surface area contributed by atoms with E-state index in [0.717, 1.165) is 5.56 Å². The lowest BCUT2D eigenvalue weighted by Crippen LogP contribution is -2.36. The third kappa shape index (κ3) is 4.03. The molecule has 2 aromatic rings. The minimum Gasteiger partial charge on any atom is -0.337 e. The molecule has 0 aliphatic heterocycles. The van der Waals surface area contributed by atoms with Gasteiger partial charge in [-0.05, 0) is 18.7 Å². The van der Waals surface area contributed by atoms with Gasteiger partial charge in [0.15, 0.2) is 0 Å². The number of aromatic nitrogens is 2. The zero-order chi connectivity index (χ0) is 17.5. The standard InChI is InChI=1S/C17H18N4O2S/c1-3-20(10-13-7-5-4-6-8-13)15(22)11-21-12-19-16(24-2)14(9-18)17(21)23/h4-8,12H,3,10-11H2,1-2H3. The molecule has 124 valence electrons. The molecule has 0 spiro atoms. The summed E-state index contributed by atoms with van der Waals surface area (Å²) in [6, 6.07) is 11.5. The Hall–Kier alpha value is -2.59. The van der Waals surface area contributed by atoms with Gasteiger partial charge in [0.25, 0.3) is 5.56 Å². The minimum atomic E-state index is -0.485. The van der Waals surface area contributed by atoms with Crippen LogP contribution in [0, 0.1) is 11.3 Å². The summed E-state index contributed by atoms with van der Waals surface area (Å²) in [6.07, 6.45) is 3.07. The fourth-order valence-electron chi connectivity index (χ4n) is 2.26. The van der Waals surface area contributed by atoms with Crippen molar-refractivity contribution in [3.8, 4) is 6.07 Å². The number of nitrogens with zero attached hydrogens (tertiary/aromatic N) is 4. The maximum atomic E-state index is 12.5. The molecule has 0 N–H and O–H groups in total. The number of nitriles is 1. The number of benzene rings is 1. The predicted molar refractivity (Wildman–Crippen MR) is 92.5 cm³/mol. The molecule has 0 atom stereocenters. The molecule has 0 saturated carbocycles. The quantitative estimate of drug-likeness (QED) is 0.592. The molecule has 0 radical (unpaired) electrons. The van der Waals surface area contributed by atoms with Crippen LogP contribution < -0.4 is 5.56 Å². The number of carbonyl (C=O) groups is 1. The van der Waals surface area contributed by atoms with Gasteiger partial charge >= 0.3 is 0 Å². The van der Waals surface area contributed by atoms with Crippen molar-refractivity contribution in [2.75, 3.05) is 12.8 Å². The molecule has 0 aliphatic rings. The van der Waals surface area contributed by atoms with E-state index in [-0.39, 0.29) is 18.0 Å². The first-order valence-corrected chi connectivity index (χ1v) is 8.68. The molecule has 1 amide bonds. The number of amides is 1. The van der Waals surface area contributed by atoms with Gasteiger partial charge in [0.2, 0.25) is 5.91 Å². The summed E-state index contributed by atoms with van der Waals surface area (Å²) >= 11 is 1.23. The fraction of sp³-hybridized carbons (Fsp3) is 0.294. The molecule has 7 heteroatoms. The Morgan fingerprint density at radius 3 is 2.67 bits per heavy atom. The van der Waals surface area contributed by atoms with Crippen LogP contribution in [0.5, 0.6) is 0 Å². The number of hydrogen-bond donors (Lipinski definition) is 0. The van der Waals surface area contributed by atoms with Crippen LogP contribution in [0.1, 0.15) is 18.1 Å². The Kier molecular flexibility index (Phi) is 6.15. The summed E-state index contributed by atoms with van der Waals surface area (Å²) in [4.78, 5) is 30.6. The molecule has 1 heterocycles. The van der Waals surface area contributed by atoms with Crippen LogP contribution in [0.15, 0.2) is 46.5 Å². The van der Waals surface area contributed by atoms with Gasteiger partial charge in [-0.15, -0.1) is 11.8 Å². The van der Waals surface area contributed by atoms with Crippen LogP contribution in [0.4, 0.5) is 0 Å². The van der Waals surface area contributed by atoms with Crippen molar-refractivity contribution < 1.29 is 4.79 Å². The zero-order valence-electron chi connectivity index (χ0n) is 13.6. The Labute approximate surface area is 144 Å².